The highest BCUT2D eigenvalue weighted by atomic mass is 32.1. The standard InChI is InChI=1S/C19H20F3N3O3S/c20-19(21,22)14-6-7-16(17(13-14)25(27)28)23-8-10-24(11-9-23)18(26)5-1-3-15-4-2-12-29-15/h2,4,6-7,12-13H,1,3,5,8-11H2. The van der Waals surface area contributed by atoms with E-state index in [1.165, 1.54) is 4.88 Å². The molecule has 6 nitrogen and oxygen atoms in total. The summed E-state index contributed by atoms with van der Waals surface area (Å²) in [7, 11) is 0. The smallest absolute Gasteiger partial charge is 0.362 e. The first-order valence-electron chi connectivity index (χ1n) is 9.16. The summed E-state index contributed by atoms with van der Waals surface area (Å²) in [4.78, 5) is 27.5. The molecule has 1 aromatic heterocycles. The molecule has 0 bridgehead atoms. The summed E-state index contributed by atoms with van der Waals surface area (Å²) in [5, 5.41) is 13.3. The lowest BCUT2D eigenvalue weighted by Crippen LogP contribution is -2.48. The van der Waals surface area contributed by atoms with Crippen LogP contribution in [-0.2, 0) is 17.4 Å². The van der Waals surface area contributed by atoms with Gasteiger partial charge in [-0.15, -0.1) is 11.3 Å². The normalized spacial score (nSPS) is 14.9. The SMILES string of the molecule is O=C(CCCc1cccs1)N1CCN(c2ccc(C(F)(F)F)cc2[N+](=O)[O-])CC1. The van der Waals surface area contributed by atoms with Crippen LogP contribution < -0.4 is 4.90 Å². The van der Waals surface area contributed by atoms with Gasteiger partial charge in [0.2, 0.25) is 5.91 Å². The Morgan fingerprint density at radius 2 is 1.90 bits per heavy atom. The van der Waals surface area contributed by atoms with E-state index in [0.717, 1.165) is 25.0 Å². The molecule has 0 spiro atoms. The molecule has 1 fully saturated rings. The van der Waals surface area contributed by atoms with E-state index in [1.807, 2.05) is 17.5 Å². The zero-order valence-corrected chi connectivity index (χ0v) is 16.3. The number of alkyl halides is 3. The quantitative estimate of drug-likeness (QED) is 0.508. The maximum absolute atomic E-state index is 12.9. The van der Waals surface area contributed by atoms with Gasteiger partial charge >= 0.3 is 6.18 Å². The van der Waals surface area contributed by atoms with Crippen LogP contribution in [0.1, 0.15) is 23.3 Å². The average molecular weight is 427 g/mol. The number of aryl methyl sites for hydroxylation is 1. The zero-order chi connectivity index (χ0) is 21.0. The summed E-state index contributed by atoms with van der Waals surface area (Å²) in [6.45, 7) is 1.44. The molecule has 1 saturated heterocycles. The average Bonchev–Trinajstić information content (AvgIpc) is 3.20. The number of rotatable bonds is 6. The number of carbonyl (C=O) groups is 1. The lowest BCUT2D eigenvalue weighted by atomic mass is 10.1. The summed E-state index contributed by atoms with van der Waals surface area (Å²) in [6, 6.07) is 6.56. The Morgan fingerprint density at radius 1 is 1.17 bits per heavy atom. The monoisotopic (exact) mass is 427 g/mol. The molecule has 1 aliphatic heterocycles. The highest BCUT2D eigenvalue weighted by Crippen LogP contribution is 2.36. The molecule has 10 heteroatoms. The maximum atomic E-state index is 12.9. The van der Waals surface area contributed by atoms with Gasteiger partial charge in [-0.3, -0.25) is 14.9 Å². The van der Waals surface area contributed by atoms with Crippen LogP contribution in [0.5, 0.6) is 0 Å². The maximum Gasteiger partial charge on any atom is 0.416 e. The molecule has 1 aromatic carbocycles. The summed E-state index contributed by atoms with van der Waals surface area (Å²) in [5.74, 6) is 0.0307. The van der Waals surface area contributed by atoms with E-state index >= 15 is 0 Å². The van der Waals surface area contributed by atoms with Gasteiger partial charge in [0, 0.05) is 43.5 Å². The van der Waals surface area contributed by atoms with Gasteiger partial charge in [-0.2, -0.15) is 13.2 Å². The number of hydrogen-bond acceptors (Lipinski definition) is 5. The molecule has 0 unspecified atom stereocenters. The second kappa shape index (κ2) is 8.81. The number of hydrogen-bond donors (Lipinski definition) is 0. The number of amides is 1. The minimum absolute atomic E-state index is 0.0307. The first-order valence-corrected chi connectivity index (χ1v) is 10.0. The van der Waals surface area contributed by atoms with Crippen LogP contribution in [0.4, 0.5) is 24.5 Å². The predicted octanol–water partition coefficient (Wildman–Crippen LogP) is 4.35. The van der Waals surface area contributed by atoms with Crippen molar-refractivity contribution in [3.05, 3.63) is 56.3 Å². The van der Waals surface area contributed by atoms with Gasteiger partial charge in [0.1, 0.15) is 5.69 Å². The van der Waals surface area contributed by atoms with Crippen molar-refractivity contribution in [3.8, 4) is 0 Å². The van der Waals surface area contributed by atoms with Crippen LogP contribution in [0.2, 0.25) is 0 Å². The molecule has 1 amide bonds. The topological polar surface area (TPSA) is 66.7 Å². The Balaban J connectivity index is 1.58. The molecular weight excluding hydrogens is 407 g/mol. The van der Waals surface area contributed by atoms with Crippen molar-refractivity contribution >= 4 is 28.6 Å². The van der Waals surface area contributed by atoms with Crippen LogP contribution in [0.3, 0.4) is 0 Å². The Kier molecular flexibility index (Phi) is 6.41. The molecule has 1 aliphatic rings. The largest absolute Gasteiger partial charge is 0.416 e. The Hall–Kier alpha value is -2.62. The minimum Gasteiger partial charge on any atom is -0.362 e. The molecule has 2 aromatic rings. The third-order valence-electron chi connectivity index (χ3n) is 4.87. The third-order valence-corrected chi connectivity index (χ3v) is 5.80. The second-order valence-electron chi connectivity index (χ2n) is 6.76. The van der Waals surface area contributed by atoms with Crippen molar-refractivity contribution in [2.45, 2.75) is 25.4 Å². The van der Waals surface area contributed by atoms with Gasteiger partial charge in [0.25, 0.3) is 5.69 Å². The molecule has 0 aliphatic carbocycles. The summed E-state index contributed by atoms with van der Waals surface area (Å²) in [5.41, 5.74) is -1.48. The molecule has 3 rings (SSSR count). The summed E-state index contributed by atoms with van der Waals surface area (Å²) in [6.07, 6.45) is -2.61. The number of nitro groups is 1. The Morgan fingerprint density at radius 3 is 2.48 bits per heavy atom. The van der Waals surface area contributed by atoms with Crippen LogP contribution in [-0.4, -0.2) is 41.9 Å². The van der Waals surface area contributed by atoms with Crippen molar-refractivity contribution in [1.82, 2.24) is 4.90 Å². The molecule has 2 heterocycles. The second-order valence-corrected chi connectivity index (χ2v) is 7.79. The van der Waals surface area contributed by atoms with Crippen molar-refractivity contribution in [3.63, 3.8) is 0 Å². The zero-order valence-electron chi connectivity index (χ0n) is 15.5. The Bertz CT molecular complexity index is 863. The molecular formula is C19H20F3N3O3S. The number of thiophene rings is 1. The number of carbonyl (C=O) groups excluding carboxylic acids is 1. The Labute approximate surface area is 169 Å². The van der Waals surface area contributed by atoms with E-state index in [4.69, 9.17) is 0 Å². The number of anilines is 1. The van der Waals surface area contributed by atoms with Gasteiger partial charge in [0.15, 0.2) is 0 Å². The third kappa shape index (κ3) is 5.26. The number of benzene rings is 1. The first kappa shape index (κ1) is 21.1. The number of piperazine rings is 1. The molecule has 0 atom stereocenters. The fourth-order valence-electron chi connectivity index (χ4n) is 3.34. The molecule has 156 valence electrons. The van der Waals surface area contributed by atoms with Crippen molar-refractivity contribution in [2.75, 3.05) is 31.1 Å². The van der Waals surface area contributed by atoms with E-state index < -0.39 is 22.4 Å². The van der Waals surface area contributed by atoms with Crippen molar-refractivity contribution < 1.29 is 22.9 Å². The van der Waals surface area contributed by atoms with E-state index in [-0.39, 0.29) is 11.6 Å². The van der Waals surface area contributed by atoms with E-state index in [2.05, 4.69) is 0 Å². The summed E-state index contributed by atoms with van der Waals surface area (Å²) < 4.78 is 38.6. The fraction of sp³-hybridized carbons (Fsp3) is 0.421. The van der Waals surface area contributed by atoms with Gasteiger partial charge in [-0.05, 0) is 36.4 Å². The number of nitrogens with zero attached hydrogens (tertiary/aromatic N) is 3. The number of halogens is 3. The highest BCUT2D eigenvalue weighted by molar-refractivity contribution is 7.09. The van der Waals surface area contributed by atoms with Gasteiger partial charge in [0.05, 0.1) is 10.5 Å². The molecule has 29 heavy (non-hydrogen) atoms. The van der Waals surface area contributed by atoms with E-state index in [1.54, 1.807) is 21.1 Å². The van der Waals surface area contributed by atoms with E-state index in [9.17, 15) is 28.1 Å². The molecule has 0 radical (unpaired) electrons. The van der Waals surface area contributed by atoms with Gasteiger partial charge < -0.3 is 9.80 Å². The van der Waals surface area contributed by atoms with Crippen LogP contribution in [0.25, 0.3) is 0 Å². The lowest BCUT2D eigenvalue weighted by Gasteiger charge is -2.36. The highest BCUT2D eigenvalue weighted by Gasteiger charge is 2.34. The van der Waals surface area contributed by atoms with Crippen LogP contribution >= 0.6 is 11.3 Å². The molecule has 0 saturated carbocycles. The van der Waals surface area contributed by atoms with Crippen molar-refractivity contribution in [2.24, 2.45) is 0 Å². The first-order chi connectivity index (χ1) is 13.8. The predicted molar refractivity (Wildman–Crippen MR) is 104 cm³/mol. The van der Waals surface area contributed by atoms with Crippen LogP contribution in [0, 0.1) is 10.1 Å². The molecule has 0 N–H and O–H groups in total. The fourth-order valence-corrected chi connectivity index (χ4v) is 4.09. The minimum atomic E-state index is -4.64. The van der Waals surface area contributed by atoms with Crippen LogP contribution in [0.15, 0.2) is 35.7 Å². The summed E-state index contributed by atoms with van der Waals surface area (Å²) >= 11 is 1.66. The van der Waals surface area contributed by atoms with Gasteiger partial charge in [-0.1, -0.05) is 6.07 Å². The van der Waals surface area contributed by atoms with Gasteiger partial charge in [-0.25, -0.2) is 0 Å². The lowest BCUT2D eigenvalue weighted by molar-refractivity contribution is -0.384. The van der Waals surface area contributed by atoms with Crippen molar-refractivity contribution in [1.29, 1.82) is 0 Å². The number of nitro benzene ring substituents is 1. The van der Waals surface area contributed by atoms with E-state index in [0.29, 0.717) is 38.7 Å².